The number of fused-ring (bicyclic) bond motifs is 1. The van der Waals surface area contributed by atoms with Crippen molar-refractivity contribution in [3.63, 3.8) is 0 Å². The Kier molecular flexibility index (Phi) is 10.4. The molecule has 1 aliphatic carbocycles. The molecule has 0 heteroatoms. The van der Waals surface area contributed by atoms with Crippen molar-refractivity contribution < 1.29 is 0 Å². The lowest BCUT2D eigenvalue weighted by Gasteiger charge is -2.31. The molecule has 216 valence electrons. The van der Waals surface area contributed by atoms with Gasteiger partial charge in [0.25, 0.3) is 0 Å². The fourth-order valence-electron chi connectivity index (χ4n) is 5.33. The van der Waals surface area contributed by atoms with Gasteiger partial charge < -0.3 is 0 Å². The molecule has 0 fully saturated rings. The molecule has 0 bridgehead atoms. The second-order valence-corrected chi connectivity index (χ2v) is 15.6. The number of hydrogen-bond acceptors (Lipinski definition) is 0. The standard InChI is InChI=1S/C37H54.C2H6/c1-14-30(31-17-15-27(35(5,6)7)21-25(31)19-20-34(2,3)4)33-24-29(37(11,12)13)23-26-22-28(36(8,9)10)16-18-32(26)33;1-2/h15,17,19,21-24H,14,16,18,20H2,1-13H3;1-2H3/b25-19-,31-30+;. The predicted molar refractivity (Wildman–Crippen MR) is 178 cm³/mol. The lowest BCUT2D eigenvalue weighted by atomic mass is 9.74. The van der Waals surface area contributed by atoms with E-state index in [0.717, 1.165) is 25.7 Å². The summed E-state index contributed by atoms with van der Waals surface area (Å²) in [7, 11) is 0. The molecule has 0 unspecified atom stereocenters. The summed E-state index contributed by atoms with van der Waals surface area (Å²) >= 11 is 0. The van der Waals surface area contributed by atoms with Gasteiger partial charge in [-0.05, 0) is 91.2 Å². The average Bonchev–Trinajstić information content (AvgIpc) is 2.82. The molecule has 0 saturated carbocycles. The Morgan fingerprint density at radius 1 is 0.718 bits per heavy atom. The molecule has 0 N–H and O–H groups in total. The number of hydrogen-bond donors (Lipinski definition) is 0. The van der Waals surface area contributed by atoms with Crippen molar-refractivity contribution in [1.29, 1.82) is 0 Å². The van der Waals surface area contributed by atoms with Crippen molar-refractivity contribution in [2.24, 2.45) is 10.8 Å². The maximum Gasteiger partial charge on any atom is -0.0131 e. The van der Waals surface area contributed by atoms with Crippen LogP contribution in [0.15, 0.2) is 35.9 Å². The molecule has 0 nitrogen and oxygen atoms in total. The molecular weight excluding hydrogens is 468 g/mol. The first-order valence-electron chi connectivity index (χ1n) is 15.5. The molecule has 0 aromatic heterocycles. The highest BCUT2D eigenvalue weighted by atomic mass is 14.3. The van der Waals surface area contributed by atoms with E-state index in [9.17, 15) is 0 Å². The van der Waals surface area contributed by atoms with E-state index in [1.165, 1.54) is 38.3 Å². The molecule has 2 aromatic rings. The first kappa shape index (κ1) is 33.1. The van der Waals surface area contributed by atoms with E-state index >= 15 is 0 Å². The number of benzene rings is 2. The largest absolute Gasteiger partial charge is 0.0761 e. The molecule has 0 amide bonds. The van der Waals surface area contributed by atoms with E-state index in [4.69, 9.17) is 0 Å². The third kappa shape index (κ3) is 8.45. The Hall–Kier alpha value is -2.08. The number of rotatable bonds is 3. The highest BCUT2D eigenvalue weighted by molar-refractivity contribution is 5.75. The van der Waals surface area contributed by atoms with Gasteiger partial charge in [0.1, 0.15) is 0 Å². The van der Waals surface area contributed by atoms with Gasteiger partial charge in [0.05, 0.1) is 0 Å². The van der Waals surface area contributed by atoms with Crippen LogP contribution >= 0.6 is 0 Å². The molecule has 0 radical (unpaired) electrons. The van der Waals surface area contributed by atoms with E-state index < -0.39 is 0 Å². The third-order valence-electron chi connectivity index (χ3n) is 7.94. The fraction of sp³-hybridized carbons (Fsp3) is 0.590. The minimum atomic E-state index is 0.104. The minimum absolute atomic E-state index is 0.104. The van der Waals surface area contributed by atoms with Crippen LogP contribution < -0.4 is 10.4 Å². The molecule has 0 aliphatic heterocycles. The molecule has 0 spiro atoms. The zero-order valence-corrected chi connectivity index (χ0v) is 28.4. The fourth-order valence-corrected chi connectivity index (χ4v) is 5.33. The van der Waals surface area contributed by atoms with Gasteiger partial charge in [-0.15, -0.1) is 0 Å². The van der Waals surface area contributed by atoms with Crippen LogP contribution in [-0.4, -0.2) is 0 Å². The smallest absolute Gasteiger partial charge is 0.0131 e. The maximum atomic E-state index is 2.53. The molecule has 0 heterocycles. The Balaban J connectivity index is 0.00000260. The van der Waals surface area contributed by atoms with Gasteiger partial charge in [-0.3, -0.25) is 0 Å². The molecule has 3 rings (SSSR count). The van der Waals surface area contributed by atoms with E-state index in [0.29, 0.717) is 0 Å². The summed E-state index contributed by atoms with van der Waals surface area (Å²) in [6.45, 7) is 34.4. The highest BCUT2D eigenvalue weighted by Crippen LogP contribution is 2.40. The molecular formula is C39H60. The maximum absolute atomic E-state index is 2.53. The predicted octanol–water partition coefficient (Wildman–Crippen LogP) is 10.5. The van der Waals surface area contributed by atoms with E-state index in [1.54, 1.807) is 11.1 Å². The van der Waals surface area contributed by atoms with Gasteiger partial charge in [-0.1, -0.05) is 152 Å². The Bertz CT molecular complexity index is 1280. The van der Waals surface area contributed by atoms with E-state index in [2.05, 4.69) is 132 Å². The van der Waals surface area contributed by atoms with Crippen molar-refractivity contribution in [2.45, 2.75) is 140 Å². The first-order valence-corrected chi connectivity index (χ1v) is 15.5. The van der Waals surface area contributed by atoms with Gasteiger partial charge in [0.15, 0.2) is 0 Å². The van der Waals surface area contributed by atoms with Crippen molar-refractivity contribution in [1.82, 2.24) is 0 Å². The second-order valence-electron chi connectivity index (χ2n) is 15.6. The van der Waals surface area contributed by atoms with Gasteiger partial charge >= 0.3 is 0 Å². The van der Waals surface area contributed by atoms with Crippen LogP contribution in [0.3, 0.4) is 0 Å². The second kappa shape index (κ2) is 12.2. The third-order valence-corrected chi connectivity index (χ3v) is 7.94. The molecule has 0 atom stereocenters. The van der Waals surface area contributed by atoms with Crippen LogP contribution in [0, 0.1) is 10.8 Å². The summed E-state index contributed by atoms with van der Waals surface area (Å²) in [5.74, 6) is 0. The van der Waals surface area contributed by atoms with Gasteiger partial charge in [0.2, 0.25) is 0 Å². The zero-order chi connectivity index (χ0) is 30.0. The Morgan fingerprint density at radius 2 is 1.31 bits per heavy atom. The van der Waals surface area contributed by atoms with Crippen molar-refractivity contribution >= 4 is 17.7 Å². The highest BCUT2D eigenvalue weighted by Gasteiger charge is 2.26. The van der Waals surface area contributed by atoms with E-state index in [1.807, 2.05) is 13.8 Å². The summed E-state index contributed by atoms with van der Waals surface area (Å²) in [5.41, 5.74) is 11.1. The Morgan fingerprint density at radius 3 is 1.79 bits per heavy atom. The number of allylic oxidation sites excluding steroid dienone is 1. The van der Waals surface area contributed by atoms with E-state index in [-0.39, 0.29) is 21.7 Å². The van der Waals surface area contributed by atoms with Crippen LogP contribution in [0.1, 0.15) is 151 Å². The summed E-state index contributed by atoms with van der Waals surface area (Å²) in [6, 6.07) is 12.3. The monoisotopic (exact) mass is 528 g/mol. The van der Waals surface area contributed by atoms with Gasteiger partial charge in [-0.25, -0.2) is 0 Å². The van der Waals surface area contributed by atoms with Crippen LogP contribution in [0.2, 0.25) is 0 Å². The summed E-state index contributed by atoms with van der Waals surface area (Å²) in [6.07, 6.45) is 9.39. The SMILES string of the molecule is CC.CC/C(c1cc(C(C)(C)C)cc2c1CCC(C(C)(C)C)=C2)=c1/ccc(C(C)(C)C)c/c1=C/CC(C)(C)C. The lowest BCUT2D eigenvalue weighted by molar-refractivity contribution is 0.431. The average molecular weight is 529 g/mol. The van der Waals surface area contributed by atoms with Crippen LogP contribution in [-0.2, 0) is 17.3 Å². The molecule has 0 saturated heterocycles. The van der Waals surface area contributed by atoms with Crippen LogP contribution in [0.5, 0.6) is 0 Å². The van der Waals surface area contributed by atoms with Crippen molar-refractivity contribution in [3.8, 4) is 0 Å². The summed E-state index contributed by atoms with van der Waals surface area (Å²) < 4.78 is 0. The summed E-state index contributed by atoms with van der Waals surface area (Å²) in [4.78, 5) is 0. The quantitative estimate of drug-likeness (QED) is 0.371. The van der Waals surface area contributed by atoms with Crippen molar-refractivity contribution in [3.05, 3.63) is 74.2 Å². The van der Waals surface area contributed by atoms with Gasteiger partial charge in [-0.2, -0.15) is 0 Å². The normalized spacial score (nSPS) is 15.8. The summed E-state index contributed by atoms with van der Waals surface area (Å²) in [5, 5.41) is 2.81. The lowest BCUT2D eigenvalue weighted by Crippen LogP contribution is -2.31. The first-order chi connectivity index (χ1) is 17.8. The molecule has 1 aliphatic rings. The Labute approximate surface area is 242 Å². The topological polar surface area (TPSA) is 0 Å². The van der Waals surface area contributed by atoms with Crippen LogP contribution in [0.4, 0.5) is 0 Å². The minimum Gasteiger partial charge on any atom is -0.0761 e. The molecule has 2 aromatic carbocycles. The molecule has 39 heavy (non-hydrogen) atoms. The van der Waals surface area contributed by atoms with Crippen molar-refractivity contribution in [2.75, 3.05) is 0 Å². The van der Waals surface area contributed by atoms with Crippen LogP contribution in [0.25, 0.3) is 17.7 Å². The van der Waals surface area contributed by atoms with Gasteiger partial charge in [0, 0.05) is 0 Å². The zero-order valence-electron chi connectivity index (χ0n) is 28.4.